The van der Waals surface area contributed by atoms with Crippen molar-refractivity contribution >= 4 is 33.6 Å². The van der Waals surface area contributed by atoms with Crippen LogP contribution in [0.2, 0.25) is 5.02 Å². The molecule has 0 heterocycles. The van der Waals surface area contributed by atoms with Crippen molar-refractivity contribution in [1.82, 2.24) is 10.0 Å². The minimum absolute atomic E-state index is 0.0968. The normalized spacial score (nSPS) is 10.7. The van der Waals surface area contributed by atoms with Crippen LogP contribution >= 0.6 is 11.6 Å². The first-order valence-electron chi connectivity index (χ1n) is 6.46. The van der Waals surface area contributed by atoms with Gasteiger partial charge in [0.2, 0.25) is 5.91 Å². The second kappa shape index (κ2) is 7.95. The number of amides is 3. The van der Waals surface area contributed by atoms with Crippen LogP contribution in [-0.2, 0) is 14.8 Å². The average Bonchev–Trinajstić information content (AvgIpc) is 2.37. The van der Waals surface area contributed by atoms with Gasteiger partial charge in [-0.3, -0.25) is 10.1 Å². The third kappa shape index (κ3) is 6.28. The van der Waals surface area contributed by atoms with Crippen LogP contribution in [-0.4, -0.2) is 20.4 Å². The summed E-state index contributed by atoms with van der Waals surface area (Å²) >= 11 is 5.66. The second-order valence-electron chi connectivity index (χ2n) is 4.76. The molecule has 0 bridgehead atoms. The summed E-state index contributed by atoms with van der Waals surface area (Å²) in [4.78, 5) is 22.9. The molecule has 0 atom stereocenters. The van der Waals surface area contributed by atoms with Crippen LogP contribution in [0.4, 0.5) is 4.79 Å². The molecule has 1 aromatic rings. The zero-order valence-corrected chi connectivity index (χ0v) is 13.8. The Balaban J connectivity index is 2.58. The van der Waals surface area contributed by atoms with Gasteiger partial charge in [0.15, 0.2) is 0 Å². The Morgan fingerprint density at radius 3 is 2.32 bits per heavy atom. The van der Waals surface area contributed by atoms with Gasteiger partial charge in [-0.05, 0) is 44.5 Å². The van der Waals surface area contributed by atoms with Crippen LogP contribution in [0.25, 0.3) is 0 Å². The van der Waals surface area contributed by atoms with Crippen LogP contribution in [0.1, 0.15) is 26.7 Å². The molecule has 0 aliphatic heterocycles. The molecular weight excluding hydrogens is 328 g/mol. The molecule has 0 aliphatic carbocycles. The van der Waals surface area contributed by atoms with Crippen molar-refractivity contribution in [2.24, 2.45) is 0 Å². The van der Waals surface area contributed by atoms with Crippen molar-refractivity contribution in [3.63, 3.8) is 0 Å². The largest absolute Gasteiger partial charge is 0.335 e. The minimum atomic E-state index is -4.04. The van der Waals surface area contributed by atoms with Gasteiger partial charge in [0.1, 0.15) is 0 Å². The van der Waals surface area contributed by atoms with Gasteiger partial charge >= 0.3 is 6.03 Å². The van der Waals surface area contributed by atoms with Crippen LogP contribution in [0.5, 0.6) is 0 Å². The lowest BCUT2D eigenvalue weighted by Gasteiger charge is -2.07. The quantitative estimate of drug-likeness (QED) is 0.803. The maximum absolute atomic E-state index is 11.9. The second-order valence-corrected chi connectivity index (χ2v) is 6.88. The molecule has 3 amide bonds. The van der Waals surface area contributed by atoms with E-state index in [2.05, 4.69) is 0 Å². The van der Waals surface area contributed by atoms with Crippen molar-refractivity contribution < 1.29 is 18.0 Å². The number of urea groups is 1. The average molecular weight is 345 g/mol. The summed E-state index contributed by atoms with van der Waals surface area (Å²) in [5, 5.41) is 2.34. The summed E-state index contributed by atoms with van der Waals surface area (Å²) in [7, 11) is -4.04. The summed E-state index contributed by atoms with van der Waals surface area (Å²) in [5.41, 5.74) is 1.06. The van der Waals surface area contributed by atoms with E-state index in [1.54, 1.807) is 4.72 Å². The molecule has 0 aromatic heterocycles. The third-order valence-corrected chi connectivity index (χ3v) is 4.13. The number of hydrogen-bond donors (Lipinski definition) is 2. The minimum Gasteiger partial charge on any atom is -0.277 e. The van der Waals surface area contributed by atoms with Crippen LogP contribution in [0.15, 0.2) is 40.8 Å². The summed E-state index contributed by atoms with van der Waals surface area (Å²) < 4.78 is 25.6. The van der Waals surface area contributed by atoms with Gasteiger partial charge in [-0.1, -0.05) is 23.3 Å². The molecule has 0 fully saturated rings. The highest BCUT2D eigenvalue weighted by molar-refractivity contribution is 7.90. The van der Waals surface area contributed by atoms with E-state index >= 15 is 0 Å². The van der Waals surface area contributed by atoms with Crippen molar-refractivity contribution in [1.29, 1.82) is 0 Å². The molecule has 0 aliphatic rings. The first kappa shape index (κ1) is 18.2. The van der Waals surface area contributed by atoms with Crippen LogP contribution in [0.3, 0.4) is 0 Å². The Hall–Kier alpha value is -1.86. The number of nitrogens with one attached hydrogen (secondary N) is 2. The zero-order chi connectivity index (χ0) is 16.8. The topological polar surface area (TPSA) is 92.3 Å². The smallest absolute Gasteiger partial charge is 0.277 e. The number of rotatable bonds is 5. The van der Waals surface area contributed by atoms with Gasteiger partial charge in [-0.25, -0.2) is 17.9 Å². The fourth-order valence-electron chi connectivity index (χ4n) is 1.50. The summed E-state index contributed by atoms with van der Waals surface area (Å²) in [5.74, 6) is -0.554. The molecule has 0 spiro atoms. The Labute approximate surface area is 134 Å². The number of halogens is 1. The molecule has 2 N–H and O–H groups in total. The van der Waals surface area contributed by atoms with Crippen LogP contribution in [0, 0.1) is 0 Å². The maximum atomic E-state index is 11.9. The van der Waals surface area contributed by atoms with E-state index in [9.17, 15) is 18.0 Å². The number of allylic oxidation sites excluding steroid dienone is 2. The first-order valence-corrected chi connectivity index (χ1v) is 8.32. The van der Waals surface area contributed by atoms with E-state index in [4.69, 9.17) is 11.6 Å². The Morgan fingerprint density at radius 2 is 1.77 bits per heavy atom. The Bertz CT molecular complexity index is 677. The van der Waals surface area contributed by atoms with Gasteiger partial charge in [-0.2, -0.15) is 0 Å². The molecule has 0 saturated carbocycles. The third-order valence-electron chi connectivity index (χ3n) is 2.53. The molecule has 1 rings (SSSR count). The Morgan fingerprint density at radius 1 is 1.18 bits per heavy atom. The van der Waals surface area contributed by atoms with E-state index in [1.165, 1.54) is 24.3 Å². The van der Waals surface area contributed by atoms with Crippen molar-refractivity contribution in [3.8, 4) is 0 Å². The number of imide groups is 1. The first-order chi connectivity index (χ1) is 10.2. The highest BCUT2D eigenvalue weighted by Gasteiger charge is 2.18. The number of benzene rings is 1. The highest BCUT2D eigenvalue weighted by atomic mass is 35.5. The number of sulfonamides is 1. The van der Waals surface area contributed by atoms with E-state index in [1.807, 2.05) is 25.2 Å². The molecular formula is C14H17ClN2O4S. The van der Waals surface area contributed by atoms with Gasteiger partial charge in [0.25, 0.3) is 10.0 Å². The summed E-state index contributed by atoms with van der Waals surface area (Å²) in [6.07, 6.45) is 2.42. The maximum Gasteiger partial charge on any atom is 0.335 e. The van der Waals surface area contributed by atoms with E-state index in [0.717, 1.165) is 5.57 Å². The fraction of sp³-hybridized carbons (Fsp3) is 0.286. The zero-order valence-electron chi connectivity index (χ0n) is 12.2. The van der Waals surface area contributed by atoms with Crippen molar-refractivity contribution in [2.75, 3.05) is 0 Å². The number of carbonyl (C=O) groups is 2. The number of hydrogen-bond acceptors (Lipinski definition) is 4. The van der Waals surface area contributed by atoms with Crippen molar-refractivity contribution in [3.05, 3.63) is 40.9 Å². The van der Waals surface area contributed by atoms with Gasteiger partial charge in [0.05, 0.1) is 4.90 Å². The molecule has 0 radical (unpaired) electrons. The SMILES string of the molecule is CC(C)=CCCC(=O)NC(=O)NS(=O)(=O)c1ccc(Cl)cc1. The lowest BCUT2D eigenvalue weighted by Crippen LogP contribution is -2.42. The van der Waals surface area contributed by atoms with Crippen molar-refractivity contribution in [2.45, 2.75) is 31.6 Å². The summed E-state index contributed by atoms with van der Waals surface area (Å²) in [6, 6.07) is 4.21. The molecule has 120 valence electrons. The van der Waals surface area contributed by atoms with E-state index < -0.39 is 22.0 Å². The molecule has 22 heavy (non-hydrogen) atoms. The molecule has 0 unspecified atom stereocenters. The molecule has 0 saturated heterocycles. The fourth-order valence-corrected chi connectivity index (χ4v) is 2.53. The predicted octanol–water partition coefficient (Wildman–Crippen LogP) is 2.60. The highest BCUT2D eigenvalue weighted by Crippen LogP contribution is 2.13. The lowest BCUT2D eigenvalue weighted by molar-refractivity contribution is -0.119. The van der Waals surface area contributed by atoms with Gasteiger partial charge in [-0.15, -0.1) is 0 Å². The number of carbonyl (C=O) groups excluding carboxylic acids is 2. The van der Waals surface area contributed by atoms with E-state index in [0.29, 0.717) is 11.4 Å². The lowest BCUT2D eigenvalue weighted by atomic mass is 10.2. The van der Waals surface area contributed by atoms with Gasteiger partial charge < -0.3 is 0 Å². The van der Waals surface area contributed by atoms with Crippen LogP contribution < -0.4 is 10.0 Å². The Kier molecular flexibility index (Phi) is 6.58. The molecule has 1 aromatic carbocycles. The van der Waals surface area contributed by atoms with E-state index in [-0.39, 0.29) is 11.3 Å². The van der Waals surface area contributed by atoms with Gasteiger partial charge in [0, 0.05) is 11.4 Å². The summed E-state index contributed by atoms with van der Waals surface area (Å²) in [6.45, 7) is 3.78. The monoisotopic (exact) mass is 344 g/mol. The predicted molar refractivity (Wildman–Crippen MR) is 84.0 cm³/mol. The molecule has 6 nitrogen and oxygen atoms in total. The standard InChI is InChI=1S/C14H17ClN2O4S/c1-10(2)4-3-5-13(18)16-14(19)17-22(20,21)12-8-6-11(15)7-9-12/h4,6-9H,3,5H2,1-2H3,(H2,16,17,18,19). The molecule has 8 heteroatoms.